The molecule has 2 N–H and O–H groups in total. The van der Waals surface area contributed by atoms with Gasteiger partial charge in [0.2, 0.25) is 0 Å². The Balaban J connectivity index is 0.00000341. The highest BCUT2D eigenvalue weighted by Crippen LogP contribution is 2.22. The monoisotopic (exact) mass is 547 g/mol. The second kappa shape index (κ2) is 12.9. The van der Waals surface area contributed by atoms with Crippen LogP contribution in [0.15, 0.2) is 29.3 Å². The van der Waals surface area contributed by atoms with Gasteiger partial charge in [0.25, 0.3) is 0 Å². The molecule has 0 radical (unpaired) electrons. The van der Waals surface area contributed by atoms with Crippen molar-refractivity contribution >= 4 is 29.9 Å². The van der Waals surface area contributed by atoms with Crippen LogP contribution in [-0.4, -0.2) is 80.8 Å². The summed E-state index contributed by atoms with van der Waals surface area (Å²) in [6, 6.07) is 6.99. The molecule has 2 fully saturated rings. The maximum atomic E-state index is 13.9. The van der Waals surface area contributed by atoms with Gasteiger partial charge in [0, 0.05) is 38.8 Å². The molecule has 0 aromatic heterocycles. The number of benzene rings is 1. The molecule has 176 valence electrons. The van der Waals surface area contributed by atoms with Gasteiger partial charge in [-0.05, 0) is 57.5 Å². The van der Waals surface area contributed by atoms with E-state index >= 15 is 0 Å². The Labute approximate surface area is 204 Å². The molecular weight excluding hydrogens is 508 g/mol. The SMILES string of the molecule is CN=C(NCC(c1cccc(F)c1)N1CCOCC1)NCC(C)(C)N1CCCCC1.I. The third-order valence-electron chi connectivity index (χ3n) is 6.31. The second-order valence-corrected chi connectivity index (χ2v) is 8.89. The first-order valence-corrected chi connectivity index (χ1v) is 11.3. The van der Waals surface area contributed by atoms with Crippen LogP contribution in [0.3, 0.4) is 0 Å². The summed E-state index contributed by atoms with van der Waals surface area (Å²) in [6.07, 6.45) is 3.91. The number of hydrogen-bond donors (Lipinski definition) is 2. The van der Waals surface area contributed by atoms with Crippen LogP contribution in [0.25, 0.3) is 0 Å². The number of likely N-dealkylation sites (tertiary alicyclic amines) is 1. The molecule has 2 aliphatic rings. The molecule has 0 spiro atoms. The van der Waals surface area contributed by atoms with Gasteiger partial charge in [0.15, 0.2) is 5.96 Å². The average Bonchev–Trinajstić information content (AvgIpc) is 2.77. The van der Waals surface area contributed by atoms with Gasteiger partial charge < -0.3 is 15.4 Å². The largest absolute Gasteiger partial charge is 0.379 e. The highest BCUT2D eigenvalue weighted by Gasteiger charge is 2.28. The topological polar surface area (TPSA) is 52.1 Å². The second-order valence-electron chi connectivity index (χ2n) is 8.89. The first-order chi connectivity index (χ1) is 14.5. The lowest BCUT2D eigenvalue weighted by atomic mass is 9.98. The molecule has 3 rings (SSSR count). The number of rotatable bonds is 7. The molecule has 2 heterocycles. The zero-order valence-corrected chi connectivity index (χ0v) is 21.5. The molecule has 0 aliphatic carbocycles. The van der Waals surface area contributed by atoms with Crippen molar-refractivity contribution < 1.29 is 9.13 Å². The lowest BCUT2D eigenvalue weighted by molar-refractivity contribution is 0.0169. The van der Waals surface area contributed by atoms with Crippen molar-refractivity contribution in [1.29, 1.82) is 0 Å². The average molecular weight is 548 g/mol. The predicted molar refractivity (Wildman–Crippen MR) is 136 cm³/mol. The van der Waals surface area contributed by atoms with Crippen molar-refractivity contribution in [2.24, 2.45) is 4.99 Å². The van der Waals surface area contributed by atoms with Crippen LogP contribution in [0.4, 0.5) is 4.39 Å². The highest BCUT2D eigenvalue weighted by molar-refractivity contribution is 14.0. The smallest absolute Gasteiger partial charge is 0.191 e. The van der Waals surface area contributed by atoms with Gasteiger partial charge in [-0.15, -0.1) is 24.0 Å². The van der Waals surface area contributed by atoms with Crippen LogP contribution < -0.4 is 10.6 Å². The van der Waals surface area contributed by atoms with Crippen molar-refractivity contribution in [1.82, 2.24) is 20.4 Å². The normalized spacial score (nSPS) is 20.1. The third-order valence-corrected chi connectivity index (χ3v) is 6.31. The number of ether oxygens (including phenoxy) is 1. The standard InChI is InChI=1S/C23H38FN5O.HI/c1-23(2,29-10-5-4-6-11-29)18-27-22(25-3)26-17-21(28-12-14-30-15-13-28)19-8-7-9-20(24)16-19;/h7-9,16,21H,4-6,10-15,17-18H2,1-3H3,(H2,25,26,27);1H. The molecule has 2 saturated heterocycles. The molecule has 0 amide bonds. The Bertz CT molecular complexity index is 690. The van der Waals surface area contributed by atoms with E-state index in [0.717, 1.165) is 31.2 Å². The van der Waals surface area contributed by atoms with Gasteiger partial charge >= 0.3 is 0 Å². The molecule has 0 saturated carbocycles. The summed E-state index contributed by atoms with van der Waals surface area (Å²) in [5, 5.41) is 6.98. The number of nitrogens with one attached hydrogen (secondary N) is 2. The van der Waals surface area contributed by atoms with Crippen LogP contribution in [0.2, 0.25) is 0 Å². The van der Waals surface area contributed by atoms with Crippen LogP contribution in [0.1, 0.15) is 44.7 Å². The number of guanidine groups is 1. The molecule has 0 bridgehead atoms. The van der Waals surface area contributed by atoms with Crippen molar-refractivity contribution in [3.05, 3.63) is 35.6 Å². The molecule has 8 heteroatoms. The number of piperidine rings is 1. The Hall–Kier alpha value is -0.970. The van der Waals surface area contributed by atoms with Crippen molar-refractivity contribution in [2.45, 2.75) is 44.7 Å². The van der Waals surface area contributed by atoms with Crippen molar-refractivity contribution in [3.8, 4) is 0 Å². The van der Waals surface area contributed by atoms with E-state index in [1.807, 2.05) is 6.07 Å². The number of aliphatic imine (C=N–C) groups is 1. The Morgan fingerprint density at radius 1 is 1.13 bits per heavy atom. The van der Waals surface area contributed by atoms with Crippen LogP contribution in [0.5, 0.6) is 0 Å². The lowest BCUT2D eigenvalue weighted by Crippen LogP contribution is -2.55. The quantitative estimate of drug-likeness (QED) is 0.312. The summed E-state index contributed by atoms with van der Waals surface area (Å²) in [5.41, 5.74) is 1.05. The van der Waals surface area contributed by atoms with E-state index in [4.69, 9.17) is 4.74 Å². The van der Waals surface area contributed by atoms with E-state index < -0.39 is 0 Å². The molecule has 31 heavy (non-hydrogen) atoms. The van der Waals surface area contributed by atoms with Crippen molar-refractivity contribution in [2.75, 3.05) is 59.5 Å². The zero-order chi connectivity index (χ0) is 21.4. The van der Waals surface area contributed by atoms with Crippen LogP contribution in [-0.2, 0) is 4.74 Å². The summed E-state index contributed by atoms with van der Waals surface area (Å²) >= 11 is 0. The fourth-order valence-corrected chi connectivity index (χ4v) is 4.39. The number of hydrogen-bond acceptors (Lipinski definition) is 4. The molecule has 2 aliphatic heterocycles. The fourth-order valence-electron chi connectivity index (χ4n) is 4.39. The van der Waals surface area contributed by atoms with Gasteiger partial charge in [-0.3, -0.25) is 14.8 Å². The van der Waals surface area contributed by atoms with E-state index in [1.54, 1.807) is 19.2 Å². The first-order valence-electron chi connectivity index (χ1n) is 11.3. The summed E-state index contributed by atoms with van der Waals surface area (Å²) < 4.78 is 19.4. The maximum Gasteiger partial charge on any atom is 0.191 e. The summed E-state index contributed by atoms with van der Waals surface area (Å²) in [6.45, 7) is 11.5. The lowest BCUT2D eigenvalue weighted by Gasteiger charge is -2.41. The van der Waals surface area contributed by atoms with Gasteiger partial charge in [-0.1, -0.05) is 18.6 Å². The predicted octanol–water partition coefficient (Wildman–Crippen LogP) is 3.25. The molecule has 1 aromatic rings. The van der Waals surface area contributed by atoms with Gasteiger partial charge in [-0.2, -0.15) is 0 Å². The van der Waals surface area contributed by atoms with Gasteiger partial charge in [-0.25, -0.2) is 4.39 Å². The van der Waals surface area contributed by atoms with E-state index in [-0.39, 0.29) is 41.4 Å². The van der Waals surface area contributed by atoms with E-state index in [2.05, 4.69) is 39.3 Å². The van der Waals surface area contributed by atoms with Gasteiger partial charge in [0.05, 0.1) is 19.3 Å². The number of nitrogens with zero attached hydrogens (tertiary/aromatic N) is 3. The molecule has 1 unspecified atom stereocenters. The van der Waals surface area contributed by atoms with Crippen LogP contribution >= 0.6 is 24.0 Å². The Kier molecular flexibility index (Phi) is 10.9. The zero-order valence-electron chi connectivity index (χ0n) is 19.2. The minimum Gasteiger partial charge on any atom is -0.379 e. The Morgan fingerprint density at radius 2 is 1.84 bits per heavy atom. The van der Waals surface area contributed by atoms with Crippen molar-refractivity contribution in [3.63, 3.8) is 0 Å². The Morgan fingerprint density at radius 3 is 2.48 bits per heavy atom. The number of halogens is 2. The van der Waals surface area contributed by atoms with Crippen LogP contribution in [0, 0.1) is 5.82 Å². The maximum absolute atomic E-state index is 13.9. The van der Waals surface area contributed by atoms with Gasteiger partial charge in [0.1, 0.15) is 5.82 Å². The summed E-state index contributed by atoms with van der Waals surface area (Å²) in [7, 11) is 1.80. The third kappa shape index (κ3) is 7.83. The van der Waals surface area contributed by atoms with E-state index in [9.17, 15) is 4.39 Å². The number of morpholine rings is 1. The summed E-state index contributed by atoms with van der Waals surface area (Å²) in [4.78, 5) is 9.35. The molecule has 6 nitrogen and oxygen atoms in total. The molecule has 1 atom stereocenters. The van der Waals surface area contributed by atoms with E-state index in [1.165, 1.54) is 38.4 Å². The minimum atomic E-state index is -0.198. The first kappa shape index (κ1) is 26.3. The highest BCUT2D eigenvalue weighted by atomic mass is 127. The summed E-state index contributed by atoms with van der Waals surface area (Å²) in [5.74, 6) is 0.589. The molecule has 1 aromatic carbocycles. The van der Waals surface area contributed by atoms with E-state index in [0.29, 0.717) is 19.8 Å². The fraction of sp³-hybridized carbons (Fsp3) is 0.696. The minimum absolute atomic E-state index is 0. The molecular formula is C23H39FIN5O.